The summed E-state index contributed by atoms with van der Waals surface area (Å²) in [5, 5.41) is 4.13. The highest BCUT2D eigenvalue weighted by atomic mass is 32.1. The van der Waals surface area contributed by atoms with E-state index >= 15 is 0 Å². The Kier molecular flexibility index (Phi) is 5.18. The Morgan fingerprint density at radius 2 is 2.16 bits per heavy atom. The molecule has 0 saturated heterocycles. The third kappa shape index (κ3) is 3.68. The van der Waals surface area contributed by atoms with Crippen LogP contribution in [0.2, 0.25) is 0 Å². The van der Waals surface area contributed by atoms with Gasteiger partial charge >= 0.3 is 0 Å². The van der Waals surface area contributed by atoms with Crippen molar-refractivity contribution in [1.29, 1.82) is 0 Å². The maximum atomic E-state index is 5.64. The van der Waals surface area contributed by atoms with Crippen LogP contribution in [0.1, 0.15) is 6.92 Å². The zero-order valence-electron chi connectivity index (χ0n) is 11.2. The van der Waals surface area contributed by atoms with E-state index in [1.165, 1.54) is 0 Å². The smallest absolute Gasteiger partial charge is 0.183 e. The third-order valence-corrected chi connectivity index (χ3v) is 3.53. The Bertz CT molecular complexity index is 514. The summed E-state index contributed by atoms with van der Waals surface area (Å²) in [4.78, 5) is 5.46. The molecule has 0 aliphatic heterocycles. The van der Waals surface area contributed by atoms with Crippen LogP contribution in [0, 0.1) is 0 Å². The maximum Gasteiger partial charge on any atom is 0.183 e. The molecule has 0 bridgehead atoms. The van der Waals surface area contributed by atoms with Gasteiger partial charge in [0.2, 0.25) is 0 Å². The number of aromatic nitrogens is 1. The standard InChI is InChI=1S/C14H18N2O2S/c1-3-18-12-7-5-4-6-11(12)13-10-16-14(19-13)15-8-9-17-2/h4-7,10H,3,8-9H2,1-2H3,(H,15,16). The predicted octanol–water partition coefficient (Wildman–Crippen LogP) is 3.27. The number of hydrogen-bond acceptors (Lipinski definition) is 5. The van der Waals surface area contributed by atoms with Gasteiger partial charge in [0.05, 0.1) is 18.1 Å². The minimum absolute atomic E-state index is 0.661. The molecule has 1 heterocycles. The second kappa shape index (κ2) is 7.11. The number of para-hydroxylation sites is 1. The monoisotopic (exact) mass is 278 g/mol. The number of anilines is 1. The number of nitrogens with one attached hydrogen (secondary N) is 1. The first-order valence-corrected chi connectivity index (χ1v) is 7.07. The van der Waals surface area contributed by atoms with Crippen LogP contribution in [-0.4, -0.2) is 31.9 Å². The first-order chi connectivity index (χ1) is 9.35. The van der Waals surface area contributed by atoms with Crippen molar-refractivity contribution in [3.63, 3.8) is 0 Å². The van der Waals surface area contributed by atoms with E-state index in [4.69, 9.17) is 9.47 Å². The molecule has 0 saturated carbocycles. The lowest BCUT2D eigenvalue weighted by Crippen LogP contribution is -2.06. The molecule has 1 aromatic carbocycles. The highest BCUT2D eigenvalue weighted by Crippen LogP contribution is 2.35. The van der Waals surface area contributed by atoms with Crippen LogP contribution >= 0.6 is 11.3 Å². The summed E-state index contributed by atoms with van der Waals surface area (Å²) in [7, 11) is 1.69. The summed E-state index contributed by atoms with van der Waals surface area (Å²) >= 11 is 1.62. The SMILES string of the molecule is CCOc1ccccc1-c1cnc(NCCOC)s1. The van der Waals surface area contributed by atoms with Crippen molar-refractivity contribution in [2.75, 3.05) is 32.2 Å². The van der Waals surface area contributed by atoms with Crippen molar-refractivity contribution < 1.29 is 9.47 Å². The van der Waals surface area contributed by atoms with Gasteiger partial charge in [-0.2, -0.15) is 0 Å². The molecular formula is C14H18N2O2S. The van der Waals surface area contributed by atoms with Crippen LogP contribution < -0.4 is 10.1 Å². The average Bonchev–Trinajstić information content (AvgIpc) is 2.89. The first kappa shape index (κ1) is 13.8. The number of hydrogen-bond donors (Lipinski definition) is 1. The lowest BCUT2D eigenvalue weighted by atomic mass is 10.2. The van der Waals surface area contributed by atoms with E-state index in [0.29, 0.717) is 13.2 Å². The zero-order chi connectivity index (χ0) is 13.5. The van der Waals surface area contributed by atoms with Crippen LogP contribution in [0.15, 0.2) is 30.5 Å². The minimum Gasteiger partial charge on any atom is -0.493 e. The molecule has 102 valence electrons. The normalized spacial score (nSPS) is 10.4. The minimum atomic E-state index is 0.661. The molecule has 2 rings (SSSR count). The summed E-state index contributed by atoms with van der Waals surface area (Å²) < 4.78 is 10.6. The van der Waals surface area contributed by atoms with Crippen LogP contribution in [-0.2, 0) is 4.74 Å². The van der Waals surface area contributed by atoms with Gasteiger partial charge in [-0.3, -0.25) is 0 Å². The second-order valence-electron chi connectivity index (χ2n) is 3.88. The topological polar surface area (TPSA) is 43.4 Å². The Morgan fingerprint density at radius 3 is 2.95 bits per heavy atom. The van der Waals surface area contributed by atoms with Crippen LogP contribution in [0.5, 0.6) is 5.75 Å². The number of rotatable bonds is 7. The molecule has 0 radical (unpaired) electrons. The van der Waals surface area contributed by atoms with Crippen LogP contribution in [0.25, 0.3) is 10.4 Å². The van der Waals surface area contributed by atoms with E-state index in [9.17, 15) is 0 Å². The molecule has 0 fully saturated rings. The lowest BCUT2D eigenvalue weighted by molar-refractivity contribution is 0.211. The average molecular weight is 278 g/mol. The second-order valence-corrected chi connectivity index (χ2v) is 4.91. The van der Waals surface area contributed by atoms with Crippen molar-refractivity contribution in [1.82, 2.24) is 4.98 Å². The Balaban J connectivity index is 2.13. The van der Waals surface area contributed by atoms with E-state index < -0.39 is 0 Å². The quantitative estimate of drug-likeness (QED) is 0.789. The fourth-order valence-corrected chi connectivity index (χ4v) is 2.56. The van der Waals surface area contributed by atoms with Crippen LogP contribution in [0.4, 0.5) is 5.13 Å². The molecule has 2 aromatic rings. The maximum absolute atomic E-state index is 5.64. The van der Waals surface area contributed by atoms with Gasteiger partial charge in [-0.05, 0) is 19.1 Å². The number of benzene rings is 1. The van der Waals surface area contributed by atoms with Gasteiger partial charge in [0, 0.05) is 25.4 Å². The van der Waals surface area contributed by atoms with Crippen molar-refractivity contribution in [2.24, 2.45) is 0 Å². The van der Waals surface area contributed by atoms with Gasteiger partial charge in [0.25, 0.3) is 0 Å². The molecule has 1 aromatic heterocycles. The highest BCUT2D eigenvalue weighted by Gasteiger charge is 2.09. The third-order valence-electron chi connectivity index (χ3n) is 2.54. The Labute approximate surface area is 117 Å². The van der Waals surface area contributed by atoms with Gasteiger partial charge in [-0.15, -0.1) is 0 Å². The van der Waals surface area contributed by atoms with E-state index in [1.54, 1.807) is 18.4 Å². The molecule has 1 N–H and O–H groups in total. The lowest BCUT2D eigenvalue weighted by Gasteiger charge is -2.07. The summed E-state index contributed by atoms with van der Waals surface area (Å²) in [6, 6.07) is 8.02. The van der Waals surface area contributed by atoms with Crippen molar-refractivity contribution in [3.05, 3.63) is 30.5 Å². The Morgan fingerprint density at radius 1 is 1.32 bits per heavy atom. The van der Waals surface area contributed by atoms with Gasteiger partial charge in [0.1, 0.15) is 5.75 Å². The van der Waals surface area contributed by atoms with Crippen molar-refractivity contribution >= 4 is 16.5 Å². The van der Waals surface area contributed by atoms with Gasteiger partial charge in [-0.1, -0.05) is 23.5 Å². The first-order valence-electron chi connectivity index (χ1n) is 6.26. The largest absolute Gasteiger partial charge is 0.493 e. The molecule has 0 unspecified atom stereocenters. The highest BCUT2D eigenvalue weighted by molar-refractivity contribution is 7.18. The molecule has 4 nitrogen and oxygen atoms in total. The molecule has 0 amide bonds. The van der Waals surface area contributed by atoms with Crippen molar-refractivity contribution in [2.45, 2.75) is 6.92 Å². The molecule has 0 atom stereocenters. The molecule has 0 spiro atoms. The number of ether oxygens (including phenoxy) is 2. The van der Waals surface area contributed by atoms with Crippen LogP contribution in [0.3, 0.4) is 0 Å². The summed E-state index contributed by atoms with van der Waals surface area (Å²) in [6.45, 7) is 4.08. The van der Waals surface area contributed by atoms with E-state index in [-0.39, 0.29) is 0 Å². The van der Waals surface area contributed by atoms with E-state index in [2.05, 4.69) is 16.4 Å². The fourth-order valence-electron chi connectivity index (χ4n) is 1.69. The predicted molar refractivity (Wildman–Crippen MR) is 79.1 cm³/mol. The number of methoxy groups -OCH3 is 1. The van der Waals surface area contributed by atoms with Gasteiger partial charge in [-0.25, -0.2) is 4.98 Å². The Hall–Kier alpha value is -1.59. The molecule has 0 aliphatic rings. The summed E-state index contributed by atoms with van der Waals surface area (Å²) in [6.07, 6.45) is 1.87. The van der Waals surface area contributed by atoms with Gasteiger partial charge < -0.3 is 14.8 Å². The van der Waals surface area contributed by atoms with Gasteiger partial charge in [0.15, 0.2) is 5.13 Å². The van der Waals surface area contributed by atoms with E-state index in [0.717, 1.165) is 27.9 Å². The fraction of sp³-hybridized carbons (Fsp3) is 0.357. The summed E-state index contributed by atoms with van der Waals surface area (Å²) in [5.41, 5.74) is 1.08. The molecule has 19 heavy (non-hydrogen) atoms. The van der Waals surface area contributed by atoms with Crippen molar-refractivity contribution in [3.8, 4) is 16.2 Å². The molecule has 0 aliphatic carbocycles. The zero-order valence-corrected chi connectivity index (χ0v) is 12.0. The van der Waals surface area contributed by atoms with E-state index in [1.807, 2.05) is 31.3 Å². The molecule has 5 heteroatoms. The number of nitrogens with zero attached hydrogens (tertiary/aromatic N) is 1. The molecular weight excluding hydrogens is 260 g/mol. The summed E-state index contributed by atoms with van der Waals surface area (Å²) in [5.74, 6) is 0.900. The number of thiazole rings is 1.